The molecular formula is C46H32N4Pd. The summed E-state index contributed by atoms with van der Waals surface area (Å²) in [6.45, 7) is 4.22. The third kappa shape index (κ3) is 6.02. The summed E-state index contributed by atoms with van der Waals surface area (Å²) in [6, 6.07) is 46.5. The van der Waals surface area contributed by atoms with Crippen molar-refractivity contribution in [1.82, 2.24) is 19.9 Å². The average molecular weight is 747 g/mol. The largest absolute Gasteiger partial charge is 2.00 e. The molecule has 4 nitrogen and oxygen atoms in total. The molecule has 0 atom stereocenters. The smallest absolute Gasteiger partial charge is 0.657 e. The Kier molecular flexibility index (Phi) is 8.54. The van der Waals surface area contributed by atoms with Gasteiger partial charge in [0.1, 0.15) is 0 Å². The standard InChI is InChI=1S/C46H32N4.Pd/c1-29-13-17-33(18-14-29)45-39-25-21-35(47-39)43(31-9-5-3-6-10-31)37-23-27-41(49-37)46(34-19-15-30(2)16-20-34)42-28-24-38(50-42)44(32-11-7-4-8-12-32)36-22-26-40(45)48-36;/h3-28H,1-2H3;/q-2;+2. The number of aromatic nitrogens is 4. The molecule has 0 spiro atoms. The van der Waals surface area contributed by atoms with Crippen LogP contribution in [0.1, 0.15) is 33.9 Å². The van der Waals surface area contributed by atoms with E-state index in [4.69, 9.17) is 19.9 Å². The minimum absolute atomic E-state index is 0. The Labute approximate surface area is 311 Å². The van der Waals surface area contributed by atoms with Gasteiger partial charge < -0.3 is 9.97 Å². The Morgan fingerprint density at radius 1 is 0.333 bits per heavy atom. The maximum atomic E-state index is 5.34. The van der Waals surface area contributed by atoms with Crippen molar-refractivity contribution in [2.45, 2.75) is 13.8 Å². The van der Waals surface area contributed by atoms with E-state index in [1.54, 1.807) is 0 Å². The molecule has 0 aliphatic carbocycles. The van der Waals surface area contributed by atoms with Crippen molar-refractivity contribution in [3.8, 4) is 44.5 Å². The molecule has 0 saturated heterocycles. The molecule has 4 aromatic carbocycles. The number of fused-ring (bicyclic) bond motifs is 8. The zero-order valence-corrected chi connectivity index (χ0v) is 29.7. The topological polar surface area (TPSA) is 54.0 Å². The average Bonchev–Trinajstić information content (AvgIpc) is 3.98. The fourth-order valence-electron chi connectivity index (χ4n) is 6.92. The molecule has 0 saturated carbocycles. The van der Waals surface area contributed by atoms with Gasteiger partial charge in [0.05, 0.1) is 22.8 Å². The van der Waals surface area contributed by atoms with E-state index in [9.17, 15) is 0 Å². The first-order valence-electron chi connectivity index (χ1n) is 16.9. The van der Waals surface area contributed by atoms with Crippen LogP contribution >= 0.6 is 0 Å². The van der Waals surface area contributed by atoms with E-state index in [-0.39, 0.29) is 20.4 Å². The maximum Gasteiger partial charge on any atom is 2.00 e. The second-order valence-corrected chi connectivity index (χ2v) is 12.8. The van der Waals surface area contributed by atoms with E-state index in [2.05, 4.69) is 159 Å². The number of rotatable bonds is 4. The number of hydrogen-bond acceptors (Lipinski definition) is 2. The molecule has 51 heavy (non-hydrogen) atoms. The Balaban J connectivity index is 0.00000374. The number of nitrogens with zero attached hydrogens (tertiary/aromatic N) is 4. The van der Waals surface area contributed by atoms with E-state index in [0.29, 0.717) is 0 Å². The van der Waals surface area contributed by atoms with Crippen molar-refractivity contribution < 1.29 is 20.4 Å². The maximum absolute atomic E-state index is 5.34. The van der Waals surface area contributed by atoms with Crippen LogP contribution in [0.15, 0.2) is 133 Å². The molecule has 5 heterocycles. The minimum atomic E-state index is 0. The zero-order valence-electron chi connectivity index (χ0n) is 28.1. The summed E-state index contributed by atoms with van der Waals surface area (Å²) in [5, 5.41) is 0. The summed E-state index contributed by atoms with van der Waals surface area (Å²) >= 11 is 0. The summed E-state index contributed by atoms with van der Waals surface area (Å²) in [5.74, 6) is 0. The Bertz CT molecular complexity index is 2440. The fourth-order valence-corrected chi connectivity index (χ4v) is 6.92. The normalized spacial score (nSPS) is 11.8. The van der Waals surface area contributed by atoms with E-state index >= 15 is 0 Å². The van der Waals surface area contributed by atoms with Crippen LogP contribution in [0.3, 0.4) is 0 Å². The molecule has 0 amide bonds. The second-order valence-electron chi connectivity index (χ2n) is 12.8. The Hall–Kier alpha value is -5.86. The predicted octanol–water partition coefficient (Wildman–Crippen LogP) is 11.2. The Morgan fingerprint density at radius 3 is 0.902 bits per heavy atom. The van der Waals surface area contributed by atoms with Crippen LogP contribution in [0, 0.1) is 13.8 Å². The van der Waals surface area contributed by atoms with Gasteiger partial charge in [-0.05, 0) is 82.7 Å². The van der Waals surface area contributed by atoms with Crippen molar-refractivity contribution in [2.75, 3.05) is 0 Å². The summed E-state index contributed by atoms with van der Waals surface area (Å²) < 4.78 is 0. The third-order valence-corrected chi connectivity index (χ3v) is 9.41. The van der Waals surface area contributed by atoms with Crippen LogP contribution in [0.5, 0.6) is 0 Å². The molecule has 7 aromatic rings. The molecule has 246 valence electrons. The van der Waals surface area contributed by atoms with Crippen LogP contribution in [0.4, 0.5) is 0 Å². The van der Waals surface area contributed by atoms with Gasteiger partial charge in [0, 0.05) is 0 Å². The van der Waals surface area contributed by atoms with Gasteiger partial charge in [-0.1, -0.05) is 145 Å². The van der Waals surface area contributed by atoms with E-state index < -0.39 is 0 Å². The van der Waals surface area contributed by atoms with Gasteiger partial charge in [0.15, 0.2) is 0 Å². The summed E-state index contributed by atoms with van der Waals surface area (Å²) in [7, 11) is 0. The molecule has 8 bridgehead atoms. The van der Waals surface area contributed by atoms with Crippen LogP contribution in [0.2, 0.25) is 0 Å². The summed E-state index contributed by atoms with van der Waals surface area (Å²) in [4.78, 5) is 21.4. The molecule has 0 radical (unpaired) electrons. The third-order valence-electron chi connectivity index (χ3n) is 9.41. The Morgan fingerprint density at radius 2 is 0.608 bits per heavy atom. The molecule has 0 unspecified atom stereocenters. The van der Waals surface area contributed by atoms with Crippen molar-refractivity contribution in [3.05, 3.63) is 167 Å². The molecule has 0 N–H and O–H groups in total. The predicted molar refractivity (Wildman–Crippen MR) is 208 cm³/mol. The van der Waals surface area contributed by atoms with E-state index in [0.717, 1.165) is 89.4 Å². The molecule has 2 aliphatic rings. The van der Waals surface area contributed by atoms with Crippen molar-refractivity contribution in [2.24, 2.45) is 0 Å². The fraction of sp³-hybridized carbons (Fsp3) is 0.0435. The molecule has 0 fully saturated rings. The molecular weight excluding hydrogens is 715 g/mol. The van der Waals surface area contributed by atoms with Crippen LogP contribution < -0.4 is 9.97 Å². The van der Waals surface area contributed by atoms with Crippen LogP contribution in [0.25, 0.3) is 90.9 Å². The number of benzene rings is 4. The zero-order chi connectivity index (χ0) is 33.6. The van der Waals surface area contributed by atoms with Crippen molar-refractivity contribution in [3.63, 3.8) is 0 Å². The quantitative estimate of drug-likeness (QED) is 0.168. The van der Waals surface area contributed by atoms with Crippen molar-refractivity contribution >= 4 is 46.4 Å². The van der Waals surface area contributed by atoms with Crippen LogP contribution in [-0.2, 0) is 20.4 Å². The molecule has 9 rings (SSSR count). The summed E-state index contributed by atoms with van der Waals surface area (Å²) in [5.41, 5.74) is 17.5. The van der Waals surface area contributed by atoms with E-state index in [1.807, 2.05) is 12.1 Å². The van der Waals surface area contributed by atoms with Gasteiger partial charge in [-0.15, -0.1) is 22.1 Å². The van der Waals surface area contributed by atoms with E-state index in [1.165, 1.54) is 11.1 Å². The number of aryl methyl sites for hydroxylation is 2. The first-order valence-corrected chi connectivity index (χ1v) is 16.9. The molecule has 3 aromatic heterocycles. The van der Waals surface area contributed by atoms with Gasteiger partial charge in [-0.25, -0.2) is 9.97 Å². The minimum Gasteiger partial charge on any atom is -0.657 e. The monoisotopic (exact) mass is 746 g/mol. The van der Waals surface area contributed by atoms with Crippen LogP contribution in [-0.4, -0.2) is 9.97 Å². The second kappa shape index (κ2) is 13.5. The van der Waals surface area contributed by atoms with Crippen molar-refractivity contribution in [1.29, 1.82) is 0 Å². The molecule has 5 heteroatoms. The molecule has 2 aliphatic heterocycles. The van der Waals surface area contributed by atoms with Gasteiger partial charge in [-0.3, -0.25) is 0 Å². The summed E-state index contributed by atoms with van der Waals surface area (Å²) in [6.07, 6.45) is 8.44. The van der Waals surface area contributed by atoms with Gasteiger partial charge in [0.2, 0.25) is 0 Å². The number of hydrogen-bond donors (Lipinski definition) is 0. The SMILES string of the molecule is Cc1ccc(-c2c3nc(c(-c4ccccc4)c4ccc([n-]4)c(-c4ccc(C)cc4)c4nc(c(-c5ccccc5)c5ccc2[n-]5)C=C4)C=C3)cc1.[Pd+2]. The van der Waals surface area contributed by atoms with Gasteiger partial charge >= 0.3 is 20.4 Å². The first-order chi connectivity index (χ1) is 24.6. The van der Waals surface area contributed by atoms with Gasteiger partial charge in [0.25, 0.3) is 0 Å². The van der Waals surface area contributed by atoms with Gasteiger partial charge in [-0.2, -0.15) is 0 Å². The first kappa shape index (κ1) is 32.4.